The number of benzene rings is 1. The predicted molar refractivity (Wildman–Crippen MR) is 83.4 cm³/mol. The van der Waals surface area contributed by atoms with Crippen LogP contribution in [0.15, 0.2) is 53.2 Å². The summed E-state index contributed by atoms with van der Waals surface area (Å²) in [7, 11) is 0. The molecule has 0 saturated carbocycles. The summed E-state index contributed by atoms with van der Waals surface area (Å²) in [6.07, 6.45) is 3.38. The fourth-order valence-corrected chi connectivity index (χ4v) is 2.04. The summed E-state index contributed by atoms with van der Waals surface area (Å²) in [6, 6.07) is 11.8. The summed E-state index contributed by atoms with van der Waals surface area (Å²) in [6.45, 7) is 2.51. The van der Waals surface area contributed by atoms with Crippen molar-refractivity contribution >= 4 is 17.9 Å². The van der Waals surface area contributed by atoms with Crippen LogP contribution in [0.4, 0.5) is 5.69 Å². The average molecular weight is 298 g/mol. The summed E-state index contributed by atoms with van der Waals surface area (Å²) in [5.41, 5.74) is 3.08. The van der Waals surface area contributed by atoms with E-state index in [0.717, 1.165) is 11.3 Å². The number of anilines is 1. The molecule has 0 unspecified atom stereocenters. The van der Waals surface area contributed by atoms with Crippen molar-refractivity contribution in [2.24, 2.45) is 0 Å². The molecule has 2 heterocycles. The van der Waals surface area contributed by atoms with E-state index < -0.39 is 0 Å². The molecule has 3 rings (SSSR count). The van der Waals surface area contributed by atoms with E-state index in [0.29, 0.717) is 17.4 Å². The first kappa shape index (κ1) is 13.5. The predicted octanol–water partition coefficient (Wildman–Crippen LogP) is 3.65. The molecule has 0 bridgehead atoms. The lowest BCUT2D eigenvalue weighted by Gasteiger charge is -2.05. The summed E-state index contributed by atoms with van der Waals surface area (Å²) in [5, 5.41) is 7.62. The van der Waals surface area contributed by atoms with Crippen LogP contribution in [0.5, 0.6) is 0 Å². The van der Waals surface area contributed by atoms with Crippen molar-refractivity contribution in [2.75, 3.05) is 5.32 Å². The monoisotopic (exact) mass is 298 g/mol. The van der Waals surface area contributed by atoms with Crippen molar-refractivity contribution in [1.82, 2.24) is 14.8 Å². The molecule has 2 aromatic heterocycles. The minimum Gasteiger partial charge on any atom is -0.409 e. The zero-order chi connectivity index (χ0) is 14.7. The molecule has 0 spiro atoms. The van der Waals surface area contributed by atoms with Gasteiger partial charge in [-0.25, -0.2) is 4.68 Å². The third-order valence-electron chi connectivity index (χ3n) is 3.02. The maximum absolute atomic E-state index is 5.51. The third kappa shape index (κ3) is 3.17. The van der Waals surface area contributed by atoms with E-state index in [4.69, 9.17) is 16.6 Å². The quantitative estimate of drug-likeness (QED) is 0.745. The second-order valence-electron chi connectivity index (χ2n) is 4.61. The molecule has 3 aromatic rings. The van der Waals surface area contributed by atoms with Gasteiger partial charge in [0.15, 0.2) is 0 Å². The summed E-state index contributed by atoms with van der Waals surface area (Å²) in [4.78, 5) is 4.30. The Morgan fingerprint density at radius 1 is 1.14 bits per heavy atom. The Balaban J connectivity index is 1.76. The number of nitrogens with one attached hydrogen (secondary N) is 1. The topological polar surface area (TPSA) is 55.9 Å². The highest BCUT2D eigenvalue weighted by Gasteiger charge is 2.07. The minimum absolute atomic E-state index is 0.335. The van der Waals surface area contributed by atoms with E-state index in [1.807, 2.05) is 36.4 Å². The summed E-state index contributed by atoms with van der Waals surface area (Å²) in [5.74, 6) is 0.494. The molecular formula is C15H14N4OS. The molecule has 1 aromatic carbocycles. The van der Waals surface area contributed by atoms with Crippen molar-refractivity contribution in [3.8, 4) is 11.5 Å². The molecule has 106 valence electrons. The molecule has 0 aliphatic carbocycles. The maximum atomic E-state index is 5.51. The van der Waals surface area contributed by atoms with Gasteiger partial charge in [-0.1, -0.05) is 17.7 Å². The van der Waals surface area contributed by atoms with Gasteiger partial charge in [0, 0.05) is 23.6 Å². The minimum atomic E-state index is 0.335. The van der Waals surface area contributed by atoms with E-state index in [2.05, 4.69) is 22.3 Å². The second kappa shape index (κ2) is 5.88. The van der Waals surface area contributed by atoms with Crippen molar-refractivity contribution in [3.05, 3.63) is 59.2 Å². The van der Waals surface area contributed by atoms with Gasteiger partial charge in [0.1, 0.15) is 6.67 Å². The number of aryl methyl sites for hydroxylation is 1. The molecule has 6 heteroatoms. The molecule has 5 nitrogen and oxygen atoms in total. The van der Waals surface area contributed by atoms with Gasteiger partial charge in [-0.2, -0.15) is 0 Å². The molecule has 0 saturated heterocycles. The second-order valence-corrected chi connectivity index (χ2v) is 4.96. The number of pyridine rings is 1. The van der Waals surface area contributed by atoms with Crippen LogP contribution in [0, 0.1) is 11.8 Å². The molecular weight excluding hydrogens is 284 g/mol. The lowest BCUT2D eigenvalue weighted by atomic mass is 10.2. The Morgan fingerprint density at radius 2 is 1.86 bits per heavy atom. The van der Waals surface area contributed by atoms with Crippen LogP contribution < -0.4 is 5.32 Å². The highest BCUT2D eigenvalue weighted by atomic mass is 32.1. The zero-order valence-electron chi connectivity index (χ0n) is 11.5. The molecule has 1 N–H and O–H groups in total. The molecule has 21 heavy (non-hydrogen) atoms. The lowest BCUT2D eigenvalue weighted by Crippen LogP contribution is -2.09. The summed E-state index contributed by atoms with van der Waals surface area (Å²) < 4.78 is 7.12. The van der Waals surface area contributed by atoms with E-state index in [1.165, 1.54) is 5.56 Å². The van der Waals surface area contributed by atoms with Gasteiger partial charge in [0.05, 0.1) is 0 Å². The fourth-order valence-electron chi connectivity index (χ4n) is 1.85. The van der Waals surface area contributed by atoms with Crippen molar-refractivity contribution < 1.29 is 4.42 Å². The van der Waals surface area contributed by atoms with Crippen LogP contribution in [0.1, 0.15) is 5.56 Å². The molecule has 0 aliphatic rings. The van der Waals surface area contributed by atoms with E-state index in [9.17, 15) is 0 Å². The smallest absolute Gasteiger partial charge is 0.289 e. The van der Waals surface area contributed by atoms with Gasteiger partial charge in [0.25, 0.3) is 4.84 Å². The Bertz CT molecular complexity index is 777. The van der Waals surface area contributed by atoms with Gasteiger partial charge >= 0.3 is 0 Å². The maximum Gasteiger partial charge on any atom is 0.289 e. The van der Waals surface area contributed by atoms with E-state index >= 15 is 0 Å². The zero-order valence-corrected chi connectivity index (χ0v) is 12.3. The number of aromatic nitrogens is 3. The molecule has 0 amide bonds. The fraction of sp³-hybridized carbons (Fsp3) is 0.133. The standard InChI is InChI=1S/C15H14N4OS/c1-11-2-4-13(5-3-11)17-10-19-15(21)20-14(18-19)12-6-8-16-9-7-12/h2-9,17H,10H2,1H3. The van der Waals surface area contributed by atoms with Crippen LogP contribution in [0.2, 0.25) is 0 Å². The SMILES string of the molecule is Cc1ccc(NCn2nc(-c3ccncc3)oc2=S)cc1. The lowest BCUT2D eigenvalue weighted by molar-refractivity contribution is 0.522. The number of rotatable bonds is 4. The Hall–Kier alpha value is -2.47. The first-order valence-corrected chi connectivity index (χ1v) is 6.92. The largest absolute Gasteiger partial charge is 0.409 e. The van der Waals surface area contributed by atoms with Gasteiger partial charge in [-0.05, 0) is 43.4 Å². The molecule has 0 radical (unpaired) electrons. The Labute approximate surface area is 127 Å². The first-order valence-electron chi connectivity index (χ1n) is 6.51. The molecule has 0 atom stereocenters. The highest BCUT2D eigenvalue weighted by molar-refractivity contribution is 7.71. The highest BCUT2D eigenvalue weighted by Crippen LogP contribution is 2.16. The number of hydrogen-bond acceptors (Lipinski definition) is 5. The first-order chi connectivity index (χ1) is 10.2. The van der Waals surface area contributed by atoms with Crippen LogP contribution in [-0.4, -0.2) is 14.8 Å². The Morgan fingerprint density at radius 3 is 2.57 bits per heavy atom. The Kier molecular flexibility index (Phi) is 3.79. The van der Waals surface area contributed by atoms with Gasteiger partial charge in [0.2, 0.25) is 5.89 Å². The third-order valence-corrected chi connectivity index (χ3v) is 3.31. The summed E-state index contributed by atoms with van der Waals surface area (Å²) >= 11 is 5.19. The van der Waals surface area contributed by atoms with Crippen LogP contribution in [0.25, 0.3) is 11.5 Å². The van der Waals surface area contributed by atoms with E-state index in [-0.39, 0.29) is 0 Å². The van der Waals surface area contributed by atoms with Crippen molar-refractivity contribution in [1.29, 1.82) is 0 Å². The van der Waals surface area contributed by atoms with E-state index in [1.54, 1.807) is 17.1 Å². The molecule has 0 aliphatic heterocycles. The van der Waals surface area contributed by atoms with Crippen molar-refractivity contribution in [2.45, 2.75) is 13.6 Å². The van der Waals surface area contributed by atoms with Gasteiger partial charge in [-0.15, -0.1) is 5.10 Å². The molecule has 0 fully saturated rings. The van der Waals surface area contributed by atoms with Gasteiger partial charge < -0.3 is 9.73 Å². The average Bonchev–Trinajstić information content (AvgIpc) is 2.89. The normalized spacial score (nSPS) is 10.5. The van der Waals surface area contributed by atoms with Gasteiger partial charge in [-0.3, -0.25) is 4.98 Å². The van der Waals surface area contributed by atoms with Crippen LogP contribution >= 0.6 is 12.2 Å². The van der Waals surface area contributed by atoms with Crippen molar-refractivity contribution in [3.63, 3.8) is 0 Å². The van der Waals surface area contributed by atoms with Crippen LogP contribution in [0.3, 0.4) is 0 Å². The number of hydrogen-bond donors (Lipinski definition) is 1. The van der Waals surface area contributed by atoms with Crippen LogP contribution in [-0.2, 0) is 6.67 Å². The number of nitrogens with zero attached hydrogens (tertiary/aromatic N) is 3.